The van der Waals surface area contributed by atoms with Gasteiger partial charge in [-0.25, -0.2) is 4.99 Å². The number of nitrogens with zero attached hydrogens (tertiary/aromatic N) is 2. The summed E-state index contributed by atoms with van der Waals surface area (Å²) in [5.41, 5.74) is 9.88. The second kappa shape index (κ2) is 9.26. The zero-order valence-corrected chi connectivity index (χ0v) is 18.3. The van der Waals surface area contributed by atoms with Crippen molar-refractivity contribution in [2.45, 2.75) is 6.92 Å². The Balaban J connectivity index is 1.83. The average molecular weight is 447 g/mol. The van der Waals surface area contributed by atoms with E-state index in [0.29, 0.717) is 35.1 Å². The van der Waals surface area contributed by atoms with Crippen LogP contribution in [0.4, 0.5) is 11.4 Å². The molecule has 3 aromatic carbocycles. The first-order chi connectivity index (χ1) is 15.5. The number of nitrogens with two attached hydrogens (primary N) is 1. The zero-order valence-electron chi connectivity index (χ0n) is 17.5. The fourth-order valence-electron chi connectivity index (χ4n) is 3.69. The third-order valence-electron chi connectivity index (χ3n) is 5.16. The summed E-state index contributed by atoms with van der Waals surface area (Å²) >= 11 is 6.12. The number of rotatable bonds is 6. The van der Waals surface area contributed by atoms with Crippen LogP contribution in [0.1, 0.15) is 18.1 Å². The number of benzene rings is 3. The fourth-order valence-corrected chi connectivity index (χ4v) is 3.86. The van der Waals surface area contributed by atoms with E-state index in [9.17, 15) is 9.90 Å². The quantitative estimate of drug-likeness (QED) is 0.363. The van der Waals surface area contributed by atoms with Crippen molar-refractivity contribution >= 4 is 45.5 Å². The number of aromatic nitrogens is 1. The van der Waals surface area contributed by atoms with Crippen LogP contribution in [0.5, 0.6) is 5.88 Å². The minimum Gasteiger partial charge on any atom is -0.494 e. The Kier molecular flexibility index (Phi) is 6.25. The van der Waals surface area contributed by atoms with Gasteiger partial charge in [0.25, 0.3) is 0 Å². The van der Waals surface area contributed by atoms with E-state index in [1.54, 1.807) is 17.0 Å². The third-order valence-corrected chi connectivity index (χ3v) is 5.40. The highest BCUT2D eigenvalue weighted by Gasteiger charge is 2.19. The van der Waals surface area contributed by atoms with Crippen molar-refractivity contribution in [1.82, 2.24) is 4.98 Å². The number of hydrogen-bond donors (Lipinski definition) is 3. The number of H-pyrrole nitrogens is 1. The lowest BCUT2D eigenvalue weighted by Crippen LogP contribution is -2.33. The second-order valence-corrected chi connectivity index (χ2v) is 7.78. The maximum atomic E-state index is 11.9. The van der Waals surface area contributed by atoms with Crippen LogP contribution in [0.2, 0.25) is 5.02 Å². The number of anilines is 1. The van der Waals surface area contributed by atoms with Crippen molar-refractivity contribution in [1.29, 1.82) is 0 Å². The fraction of sp³-hybridized carbons (Fsp3) is 0.120. The Bertz CT molecular complexity index is 1280. The van der Waals surface area contributed by atoms with Gasteiger partial charge in [-0.1, -0.05) is 48.0 Å². The molecule has 0 aliphatic carbocycles. The molecule has 0 spiro atoms. The molecule has 0 aliphatic rings. The van der Waals surface area contributed by atoms with Crippen LogP contribution in [0.3, 0.4) is 0 Å². The molecule has 0 bridgehead atoms. The molecule has 4 aromatic rings. The molecule has 1 aromatic heterocycles. The van der Waals surface area contributed by atoms with Crippen molar-refractivity contribution in [3.8, 4) is 5.88 Å². The number of fused-ring (bicyclic) bond motifs is 1. The molecule has 0 saturated carbocycles. The number of carbonyl (C=O) groups is 1. The first kappa shape index (κ1) is 21.6. The van der Waals surface area contributed by atoms with E-state index in [1.807, 2.05) is 60.7 Å². The van der Waals surface area contributed by atoms with Gasteiger partial charge in [-0.15, -0.1) is 0 Å². The van der Waals surface area contributed by atoms with Crippen LogP contribution in [0.15, 0.2) is 77.8 Å². The summed E-state index contributed by atoms with van der Waals surface area (Å²) in [6.45, 7) is 2.34. The molecule has 0 saturated heterocycles. The van der Waals surface area contributed by atoms with E-state index in [2.05, 4.69) is 4.98 Å². The van der Waals surface area contributed by atoms with Gasteiger partial charge in [0.1, 0.15) is 0 Å². The second-order valence-electron chi connectivity index (χ2n) is 7.34. The zero-order chi connectivity index (χ0) is 22.7. The van der Waals surface area contributed by atoms with Crippen LogP contribution in [-0.2, 0) is 4.79 Å². The van der Waals surface area contributed by atoms with Crippen LogP contribution in [-0.4, -0.2) is 34.8 Å². The summed E-state index contributed by atoms with van der Waals surface area (Å²) in [5, 5.41) is 12.1. The van der Waals surface area contributed by atoms with E-state index >= 15 is 0 Å². The number of nitrogens with one attached hydrogen (secondary N) is 1. The molecule has 0 unspecified atom stereocenters. The number of aliphatic imine (C=N–C) groups is 1. The lowest BCUT2D eigenvalue weighted by atomic mass is 10.0. The first-order valence-electron chi connectivity index (χ1n) is 10.2. The minimum absolute atomic E-state index is 0.0205. The van der Waals surface area contributed by atoms with Crippen LogP contribution >= 0.6 is 11.6 Å². The van der Waals surface area contributed by atoms with Crippen LogP contribution in [0.25, 0.3) is 10.9 Å². The topological polar surface area (TPSA) is 94.7 Å². The van der Waals surface area contributed by atoms with E-state index in [1.165, 1.54) is 6.92 Å². The summed E-state index contributed by atoms with van der Waals surface area (Å²) in [5.74, 6) is -0.0498. The normalized spacial score (nSPS) is 11.7. The van der Waals surface area contributed by atoms with Crippen molar-refractivity contribution < 1.29 is 9.90 Å². The Morgan fingerprint density at radius 3 is 2.47 bits per heavy atom. The molecule has 32 heavy (non-hydrogen) atoms. The predicted molar refractivity (Wildman–Crippen MR) is 130 cm³/mol. The van der Waals surface area contributed by atoms with Crippen molar-refractivity contribution in [2.75, 3.05) is 18.0 Å². The van der Waals surface area contributed by atoms with Gasteiger partial charge in [-0.2, -0.15) is 0 Å². The number of hydrogen-bond acceptors (Lipinski definition) is 4. The van der Waals surface area contributed by atoms with Crippen LogP contribution in [0, 0.1) is 0 Å². The van der Waals surface area contributed by atoms with Gasteiger partial charge in [0.15, 0.2) is 5.88 Å². The molecule has 162 valence electrons. The number of aromatic hydroxyl groups is 1. The molecule has 0 fully saturated rings. The van der Waals surface area contributed by atoms with E-state index in [4.69, 9.17) is 22.3 Å². The average Bonchev–Trinajstić information content (AvgIpc) is 3.11. The highest BCUT2D eigenvalue weighted by atomic mass is 35.5. The highest BCUT2D eigenvalue weighted by Crippen LogP contribution is 2.33. The SMILES string of the molecule is CC(=O)N(CCN)c1ccc(N=C(c2ccccc2)c2c(O)[nH]c3cc(Cl)ccc23)cc1. The molecule has 0 atom stereocenters. The Labute approximate surface area is 191 Å². The van der Waals surface area contributed by atoms with Crippen LogP contribution < -0.4 is 10.6 Å². The van der Waals surface area contributed by atoms with E-state index in [-0.39, 0.29) is 11.8 Å². The molecule has 0 aliphatic heterocycles. The van der Waals surface area contributed by atoms with Gasteiger partial charge in [0.05, 0.1) is 22.5 Å². The van der Waals surface area contributed by atoms with Gasteiger partial charge >= 0.3 is 0 Å². The lowest BCUT2D eigenvalue weighted by molar-refractivity contribution is -0.116. The maximum absolute atomic E-state index is 11.9. The molecule has 7 heteroatoms. The van der Waals surface area contributed by atoms with Gasteiger partial charge in [-0.05, 0) is 36.4 Å². The standard InChI is InChI=1S/C25H23ClN4O2/c1-16(31)30(14-13-27)20-10-8-19(9-11-20)28-24(17-5-3-2-4-6-17)23-21-12-7-18(26)15-22(21)29-25(23)32/h2-12,15,29,32H,13-14,27H2,1H3. The summed E-state index contributed by atoms with van der Waals surface area (Å²) in [6.07, 6.45) is 0. The number of halogens is 1. The van der Waals surface area contributed by atoms with Crippen molar-refractivity contribution in [2.24, 2.45) is 10.7 Å². The van der Waals surface area contributed by atoms with Gasteiger partial charge in [-0.3, -0.25) is 4.79 Å². The molecule has 6 nitrogen and oxygen atoms in total. The largest absolute Gasteiger partial charge is 0.494 e. The predicted octanol–water partition coefficient (Wildman–Crippen LogP) is 5.01. The smallest absolute Gasteiger partial charge is 0.223 e. The van der Waals surface area contributed by atoms with E-state index in [0.717, 1.165) is 22.2 Å². The Hall–Kier alpha value is -3.61. The Morgan fingerprint density at radius 1 is 1.09 bits per heavy atom. The molecule has 1 amide bonds. The van der Waals surface area contributed by atoms with Crippen molar-refractivity contribution in [3.63, 3.8) is 0 Å². The molecule has 4 N–H and O–H groups in total. The monoisotopic (exact) mass is 446 g/mol. The maximum Gasteiger partial charge on any atom is 0.223 e. The van der Waals surface area contributed by atoms with Gasteiger partial charge in [0.2, 0.25) is 5.91 Å². The molecular formula is C25H23ClN4O2. The number of carbonyl (C=O) groups excluding carboxylic acids is 1. The summed E-state index contributed by atoms with van der Waals surface area (Å²) in [6, 6.07) is 22.4. The lowest BCUT2D eigenvalue weighted by Gasteiger charge is -2.20. The number of amides is 1. The summed E-state index contributed by atoms with van der Waals surface area (Å²) < 4.78 is 0. The minimum atomic E-state index is -0.0703. The van der Waals surface area contributed by atoms with Gasteiger partial charge in [0, 0.05) is 41.7 Å². The summed E-state index contributed by atoms with van der Waals surface area (Å²) in [4.78, 5) is 21.4. The third kappa shape index (κ3) is 4.37. The summed E-state index contributed by atoms with van der Waals surface area (Å²) in [7, 11) is 0. The molecular weight excluding hydrogens is 424 g/mol. The Morgan fingerprint density at radius 2 is 1.81 bits per heavy atom. The number of aromatic amines is 1. The van der Waals surface area contributed by atoms with E-state index < -0.39 is 0 Å². The molecule has 0 radical (unpaired) electrons. The molecule has 4 rings (SSSR count). The van der Waals surface area contributed by atoms with Crippen molar-refractivity contribution in [3.05, 3.63) is 88.9 Å². The highest BCUT2D eigenvalue weighted by molar-refractivity contribution is 6.31. The van der Waals surface area contributed by atoms with Gasteiger partial charge < -0.3 is 20.7 Å². The molecule has 1 heterocycles. The first-order valence-corrected chi connectivity index (χ1v) is 10.6.